The molecule has 0 aliphatic carbocycles. The normalized spacial score (nSPS) is 10.3. The highest BCUT2D eigenvalue weighted by atomic mass is 16.5. The van der Waals surface area contributed by atoms with Gasteiger partial charge in [0.15, 0.2) is 5.78 Å². The summed E-state index contributed by atoms with van der Waals surface area (Å²) in [6.07, 6.45) is 0.412. The van der Waals surface area contributed by atoms with Gasteiger partial charge >= 0.3 is 0 Å². The van der Waals surface area contributed by atoms with E-state index in [1.54, 1.807) is 19.2 Å². The fourth-order valence-corrected chi connectivity index (χ4v) is 2.30. The largest absolute Gasteiger partial charge is 0.380 e. The molecule has 0 spiro atoms. The number of rotatable bonds is 8. The summed E-state index contributed by atoms with van der Waals surface area (Å²) in [6.45, 7) is 0.955. The van der Waals surface area contributed by atoms with Crippen LogP contribution < -0.4 is 5.32 Å². The van der Waals surface area contributed by atoms with Crippen molar-refractivity contribution < 1.29 is 14.3 Å². The molecule has 0 aromatic heterocycles. The minimum absolute atomic E-state index is 0.0134. The first kappa shape index (κ1) is 16.9. The molecule has 4 nitrogen and oxygen atoms in total. The Morgan fingerprint density at radius 3 is 2.26 bits per heavy atom. The summed E-state index contributed by atoms with van der Waals surface area (Å²) >= 11 is 0. The molecule has 1 N–H and O–H groups in total. The molecule has 120 valence electrons. The van der Waals surface area contributed by atoms with Gasteiger partial charge in [-0.2, -0.15) is 0 Å². The molecule has 4 heteroatoms. The minimum Gasteiger partial charge on any atom is -0.380 e. The highest BCUT2D eigenvalue weighted by molar-refractivity contribution is 5.97. The number of hydrogen-bond acceptors (Lipinski definition) is 3. The zero-order valence-electron chi connectivity index (χ0n) is 13.2. The summed E-state index contributed by atoms with van der Waals surface area (Å²) in [5.74, 6) is -0.137. The van der Waals surface area contributed by atoms with Crippen molar-refractivity contribution in [2.75, 3.05) is 7.11 Å². The van der Waals surface area contributed by atoms with Crippen molar-refractivity contribution >= 4 is 11.7 Å². The van der Waals surface area contributed by atoms with E-state index in [1.807, 2.05) is 42.5 Å². The van der Waals surface area contributed by atoms with Gasteiger partial charge in [-0.1, -0.05) is 54.6 Å². The molecule has 0 bridgehead atoms. The topological polar surface area (TPSA) is 55.4 Å². The highest BCUT2D eigenvalue weighted by Crippen LogP contribution is 2.10. The summed E-state index contributed by atoms with van der Waals surface area (Å²) in [5.41, 5.74) is 2.72. The molecule has 0 aliphatic rings. The SMILES string of the molecule is COCc1ccccc1CNC(=O)CCC(=O)c1ccccc1. The van der Waals surface area contributed by atoms with Gasteiger partial charge < -0.3 is 10.1 Å². The Bertz CT molecular complexity index is 653. The molecule has 0 saturated carbocycles. The Kier molecular flexibility index (Phi) is 6.51. The van der Waals surface area contributed by atoms with Gasteiger partial charge in [-0.05, 0) is 11.1 Å². The maximum absolute atomic E-state index is 12.0. The molecule has 0 fully saturated rings. The fourth-order valence-electron chi connectivity index (χ4n) is 2.30. The number of hydrogen-bond donors (Lipinski definition) is 1. The van der Waals surface area contributed by atoms with Crippen molar-refractivity contribution in [3.05, 3.63) is 71.3 Å². The third-order valence-corrected chi connectivity index (χ3v) is 3.57. The molecule has 2 aromatic rings. The van der Waals surface area contributed by atoms with Crippen LogP contribution in [0.3, 0.4) is 0 Å². The van der Waals surface area contributed by atoms with E-state index >= 15 is 0 Å². The lowest BCUT2D eigenvalue weighted by atomic mass is 10.1. The van der Waals surface area contributed by atoms with Gasteiger partial charge in [0, 0.05) is 32.1 Å². The maximum atomic E-state index is 12.0. The van der Waals surface area contributed by atoms with E-state index < -0.39 is 0 Å². The summed E-state index contributed by atoms with van der Waals surface area (Å²) in [5, 5.41) is 2.86. The standard InChI is InChI=1S/C19H21NO3/c1-23-14-17-10-6-5-9-16(17)13-20-19(22)12-11-18(21)15-7-3-2-4-8-15/h2-10H,11-14H2,1H3,(H,20,22). The number of ether oxygens (including phenoxy) is 1. The molecule has 2 rings (SSSR count). The molecule has 2 aromatic carbocycles. The highest BCUT2D eigenvalue weighted by Gasteiger charge is 2.09. The second-order valence-electron chi connectivity index (χ2n) is 5.27. The lowest BCUT2D eigenvalue weighted by molar-refractivity contribution is -0.121. The van der Waals surface area contributed by atoms with E-state index in [0.29, 0.717) is 18.7 Å². The van der Waals surface area contributed by atoms with Crippen LogP contribution in [0.1, 0.15) is 34.3 Å². The van der Waals surface area contributed by atoms with Gasteiger partial charge in [-0.3, -0.25) is 9.59 Å². The van der Waals surface area contributed by atoms with Crippen molar-refractivity contribution in [2.45, 2.75) is 26.0 Å². The molecular weight excluding hydrogens is 290 g/mol. The first-order valence-corrected chi connectivity index (χ1v) is 7.61. The number of benzene rings is 2. The van der Waals surface area contributed by atoms with Crippen LogP contribution in [0.4, 0.5) is 0 Å². The van der Waals surface area contributed by atoms with Gasteiger partial charge in [-0.15, -0.1) is 0 Å². The number of carbonyl (C=O) groups is 2. The second kappa shape index (κ2) is 8.86. The predicted octanol–water partition coefficient (Wildman–Crippen LogP) is 3.11. The smallest absolute Gasteiger partial charge is 0.220 e. The molecule has 0 radical (unpaired) electrons. The summed E-state index contributed by atoms with van der Waals surface area (Å²) < 4.78 is 5.15. The molecule has 0 atom stereocenters. The first-order valence-electron chi connectivity index (χ1n) is 7.61. The molecule has 0 saturated heterocycles. The Morgan fingerprint density at radius 1 is 0.913 bits per heavy atom. The van der Waals surface area contributed by atoms with Gasteiger partial charge in [0.25, 0.3) is 0 Å². The second-order valence-corrected chi connectivity index (χ2v) is 5.27. The zero-order valence-corrected chi connectivity index (χ0v) is 13.2. The van der Waals surface area contributed by atoms with Crippen LogP contribution in [-0.4, -0.2) is 18.8 Å². The van der Waals surface area contributed by atoms with E-state index in [0.717, 1.165) is 11.1 Å². The van der Waals surface area contributed by atoms with Crippen LogP contribution in [0.15, 0.2) is 54.6 Å². The zero-order chi connectivity index (χ0) is 16.5. The van der Waals surface area contributed by atoms with E-state index in [4.69, 9.17) is 4.74 Å². The van der Waals surface area contributed by atoms with E-state index in [-0.39, 0.29) is 24.5 Å². The number of Topliss-reactive ketones (excluding diaryl/α,β-unsaturated/α-hetero) is 1. The lowest BCUT2D eigenvalue weighted by Gasteiger charge is -2.10. The minimum atomic E-state index is -0.124. The predicted molar refractivity (Wildman–Crippen MR) is 89.0 cm³/mol. The van der Waals surface area contributed by atoms with Crippen molar-refractivity contribution in [3.63, 3.8) is 0 Å². The monoisotopic (exact) mass is 311 g/mol. The summed E-state index contributed by atoms with van der Waals surface area (Å²) in [4.78, 5) is 23.9. The molecule has 0 unspecified atom stereocenters. The van der Waals surface area contributed by atoms with Crippen LogP contribution >= 0.6 is 0 Å². The number of methoxy groups -OCH3 is 1. The fraction of sp³-hybridized carbons (Fsp3) is 0.263. The molecule has 1 amide bonds. The van der Waals surface area contributed by atoms with Gasteiger partial charge in [-0.25, -0.2) is 0 Å². The Morgan fingerprint density at radius 2 is 1.57 bits per heavy atom. The maximum Gasteiger partial charge on any atom is 0.220 e. The average molecular weight is 311 g/mol. The quantitative estimate of drug-likeness (QED) is 0.762. The van der Waals surface area contributed by atoms with Crippen LogP contribution in [0.25, 0.3) is 0 Å². The van der Waals surface area contributed by atoms with Crippen molar-refractivity contribution in [3.8, 4) is 0 Å². The van der Waals surface area contributed by atoms with E-state index in [9.17, 15) is 9.59 Å². The Balaban J connectivity index is 1.81. The van der Waals surface area contributed by atoms with Crippen LogP contribution in [0, 0.1) is 0 Å². The first-order chi connectivity index (χ1) is 11.2. The van der Waals surface area contributed by atoms with E-state index in [2.05, 4.69) is 5.32 Å². The number of nitrogens with one attached hydrogen (secondary N) is 1. The third-order valence-electron chi connectivity index (χ3n) is 3.57. The lowest BCUT2D eigenvalue weighted by Crippen LogP contribution is -2.24. The van der Waals surface area contributed by atoms with Crippen LogP contribution in [0.2, 0.25) is 0 Å². The van der Waals surface area contributed by atoms with Crippen molar-refractivity contribution in [1.82, 2.24) is 5.32 Å². The summed E-state index contributed by atoms with van der Waals surface area (Å²) in [6, 6.07) is 16.8. The van der Waals surface area contributed by atoms with Crippen LogP contribution in [0.5, 0.6) is 0 Å². The van der Waals surface area contributed by atoms with Crippen molar-refractivity contribution in [1.29, 1.82) is 0 Å². The van der Waals surface area contributed by atoms with E-state index in [1.165, 1.54) is 0 Å². The molecule has 23 heavy (non-hydrogen) atoms. The molecule has 0 aliphatic heterocycles. The van der Waals surface area contributed by atoms with Crippen molar-refractivity contribution in [2.24, 2.45) is 0 Å². The number of carbonyl (C=O) groups excluding carboxylic acids is 2. The van der Waals surface area contributed by atoms with Gasteiger partial charge in [0.2, 0.25) is 5.91 Å². The Labute approximate surface area is 136 Å². The number of ketones is 1. The average Bonchev–Trinajstić information content (AvgIpc) is 2.60. The third kappa shape index (κ3) is 5.34. The Hall–Kier alpha value is -2.46. The van der Waals surface area contributed by atoms with Crippen LogP contribution in [-0.2, 0) is 22.7 Å². The van der Waals surface area contributed by atoms with Gasteiger partial charge in [0.05, 0.1) is 6.61 Å². The molecule has 0 heterocycles. The summed E-state index contributed by atoms with van der Waals surface area (Å²) in [7, 11) is 1.64. The molecular formula is C19H21NO3. The number of amides is 1. The van der Waals surface area contributed by atoms with Gasteiger partial charge in [0.1, 0.15) is 0 Å².